The molecule has 148 valence electrons. The van der Waals surface area contributed by atoms with Gasteiger partial charge in [0.1, 0.15) is 17.3 Å². The number of guanidine groups is 1. The van der Waals surface area contributed by atoms with Gasteiger partial charge in [-0.25, -0.2) is 4.99 Å². The zero-order valence-electron chi connectivity index (χ0n) is 15.5. The highest BCUT2D eigenvalue weighted by atomic mass is 19.3. The number of rotatable bonds is 10. The lowest BCUT2D eigenvalue weighted by atomic mass is 10.2. The van der Waals surface area contributed by atoms with Crippen LogP contribution in [0.1, 0.15) is 24.7 Å². The van der Waals surface area contributed by atoms with E-state index in [2.05, 4.69) is 20.4 Å². The molecule has 1 heterocycles. The van der Waals surface area contributed by atoms with Crippen LogP contribution in [0.3, 0.4) is 0 Å². The normalized spacial score (nSPS) is 11.5. The van der Waals surface area contributed by atoms with Gasteiger partial charge in [-0.3, -0.25) is 0 Å². The highest BCUT2D eigenvalue weighted by Gasteiger charge is 2.11. The van der Waals surface area contributed by atoms with Crippen molar-refractivity contribution in [2.45, 2.75) is 32.9 Å². The SMILES string of the molecule is CCCNC(=NCc1cc(OC)ccc1OC(F)F)NCCc1ccco1. The standard InChI is InChI=1S/C19H25F2N3O3/c1-3-9-22-19(23-10-8-15-5-4-11-26-15)24-13-14-12-16(25-2)6-7-17(14)27-18(20)21/h4-7,11-12,18H,3,8-10,13H2,1-2H3,(H2,22,23,24). The predicted octanol–water partition coefficient (Wildman–Crippen LogP) is 3.58. The van der Waals surface area contributed by atoms with Crippen LogP contribution >= 0.6 is 0 Å². The van der Waals surface area contributed by atoms with Crippen molar-refractivity contribution >= 4 is 5.96 Å². The van der Waals surface area contributed by atoms with Gasteiger partial charge in [-0.1, -0.05) is 6.92 Å². The molecule has 0 unspecified atom stereocenters. The molecule has 1 aromatic heterocycles. The largest absolute Gasteiger partial charge is 0.497 e. The molecule has 0 amide bonds. The molecule has 27 heavy (non-hydrogen) atoms. The fourth-order valence-corrected chi connectivity index (χ4v) is 2.36. The first kappa shape index (κ1) is 20.5. The van der Waals surface area contributed by atoms with Crippen molar-refractivity contribution in [3.63, 3.8) is 0 Å². The number of methoxy groups -OCH3 is 1. The van der Waals surface area contributed by atoms with Crippen LogP contribution < -0.4 is 20.1 Å². The number of ether oxygens (including phenoxy) is 2. The van der Waals surface area contributed by atoms with Gasteiger partial charge in [0.2, 0.25) is 0 Å². The van der Waals surface area contributed by atoms with E-state index in [0.717, 1.165) is 18.7 Å². The van der Waals surface area contributed by atoms with Gasteiger partial charge in [0.25, 0.3) is 0 Å². The monoisotopic (exact) mass is 381 g/mol. The zero-order chi connectivity index (χ0) is 19.5. The molecule has 0 saturated carbocycles. The maximum absolute atomic E-state index is 12.6. The number of nitrogens with one attached hydrogen (secondary N) is 2. The minimum atomic E-state index is -2.90. The number of hydrogen-bond donors (Lipinski definition) is 2. The molecule has 2 rings (SSSR count). The van der Waals surface area contributed by atoms with Crippen LogP contribution in [0.5, 0.6) is 11.5 Å². The lowest BCUT2D eigenvalue weighted by molar-refractivity contribution is -0.0504. The van der Waals surface area contributed by atoms with Crippen molar-refractivity contribution in [2.24, 2.45) is 4.99 Å². The molecule has 8 heteroatoms. The van der Waals surface area contributed by atoms with Gasteiger partial charge in [-0.05, 0) is 36.8 Å². The summed E-state index contributed by atoms with van der Waals surface area (Å²) in [5.41, 5.74) is 0.512. The molecule has 0 spiro atoms. The van der Waals surface area contributed by atoms with Gasteiger partial charge >= 0.3 is 6.61 Å². The molecular weight excluding hydrogens is 356 g/mol. The van der Waals surface area contributed by atoms with Crippen molar-refractivity contribution < 1.29 is 22.7 Å². The average Bonchev–Trinajstić information content (AvgIpc) is 3.17. The molecule has 0 aliphatic heterocycles. The van der Waals surface area contributed by atoms with Gasteiger partial charge in [0.05, 0.1) is 19.9 Å². The van der Waals surface area contributed by atoms with Crippen LogP contribution in [0.25, 0.3) is 0 Å². The smallest absolute Gasteiger partial charge is 0.387 e. The Morgan fingerprint density at radius 2 is 2.04 bits per heavy atom. The summed E-state index contributed by atoms with van der Waals surface area (Å²) in [6, 6.07) is 8.42. The van der Waals surface area contributed by atoms with Gasteiger partial charge in [0, 0.05) is 25.1 Å². The van der Waals surface area contributed by atoms with E-state index in [1.807, 2.05) is 19.1 Å². The Balaban J connectivity index is 2.05. The Morgan fingerprint density at radius 3 is 2.70 bits per heavy atom. The van der Waals surface area contributed by atoms with E-state index in [1.165, 1.54) is 13.2 Å². The molecule has 1 aromatic carbocycles. The molecule has 6 nitrogen and oxygen atoms in total. The zero-order valence-corrected chi connectivity index (χ0v) is 15.5. The number of furan rings is 1. The average molecular weight is 381 g/mol. The van der Waals surface area contributed by atoms with Crippen molar-refractivity contribution in [1.82, 2.24) is 10.6 Å². The highest BCUT2D eigenvalue weighted by Crippen LogP contribution is 2.26. The first-order valence-corrected chi connectivity index (χ1v) is 8.78. The van der Waals surface area contributed by atoms with Crippen molar-refractivity contribution in [3.8, 4) is 11.5 Å². The summed E-state index contributed by atoms with van der Waals surface area (Å²) in [5.74, 6) is 2.10. The summed E-state index contributed by atoms with van der Waals surface area (Å²) in [6.45, 7) is 0.681. The van der Waals surface area contributed by atoms with Crippen LogP contribution in [0.2, 0.25) is 0 Å². The minimum absolute atomic E-state index is 0.0833. The summed E-state index contributed by atoms with van der Waals surface area (Å²) >= 11 is 0. The summed E-state index contributed by atoms with van der Waals surface area (Å²) in [4.78, 5) is 4.48. The Labute approximate surface area is 157 Å². The second-order valence-electron chi connectivity index (χ2n) is 5.70. The number of halogens is 2. The Bertz CT molecular complexity index is 706. The summed E-state index contributed by atoms with van der Waals surface area (Å²) < 4.78 is 40.3. The lowest BCUT2D eigenvalue weighted by Crippen LogP contribution is -2.38. The third-order valence-corrected chi connectivity index (χ3v) is 3.68. The predicted molar refractivity (Wildman–Crippen MR) is 99.5 cm³/mol. The molecule has 2 aromatic rings. The second-order valence-corrected chi connectivity index (χ2v) is 5.70. The van der Waals surface area contributed by atoms with E-state index in [-0.39, 0.29) is 12.3 Å². The minimum Gasteiger partial charge on any atom is -0.497 e. The van der Waals surface area contributed by atoms with E-state index >= 15 is 0 Å². The van der Waals surface area contributed by atoms with Crippen molar-refractivity contribution in [3.05, 3.63) is 47.9 Å². The summed E-state index contributed by atoms with van der Waals surface area (Å²) in [6.07, 6.45) is 3.27. The maximum atomic E-state index is 12.6. The van der Waals surface area contributed by atoms with E-state index in [4.69, 9.17) is 9.15 Å². The fourth-order valence-electron chi connectivity index (χ4n) is 2.36. The van der Waals surface area contributed by atoms with Crippen LogP contribution in [0.4, 0.5) is 8.78 Å². The van der Waals surface area contributed by atoms with Crippen molar-refractivity contribution in [2.75, 3.05) is 20.2 Å². The van der Waals surface area contributed by atoms with Gasteiger partial charge in [-0.2, -0.15) is 8.78 Å². The molecule has 0 bridgehead atoms. The molecule has 0 radical (unpaired) electrons. The maximum Gasteiger partial charge on any atom is 0.387 e. The van der Waals surface area contributed by atoms with Gasteiger partial charge in [0.15, 0.2) is 5.96 Å². The molecular formula is C19H25F2N3O3. The van der Waals surface area contributed by atoms with Crippen LogP contribution in [-0.2, 0) is 13.0 Å². The summed E-state index contributed by atoms with van der Waals surface area (Å²) in [5, 5.41) is 6.41. The van der Waals surface area contributed by atoms with Crippen molar-refractivity contribution in [1.29, 1.82) is 0 Å². The number of nitrogens with zero attached hydrogens (tertiary/aromatic N) is 1. The van der Waals surface area contributed by atoms with E-state index in [9.17, 15) is 8.78 Å². The van der Waals surface area contributed by atoms with Crippen LogP contribution in [-0.4, -0.2) is 32.8 Å². The number of alkyl halides is 2. The fraction of sp³-hybridized carbons (Fsp3) is 0.421. The van der Waals surface area contributed by atoms with E-state index in [1.54, 1.807) is 18.4 Å². The van der Waals surface area contributed by atoms with Gasteiger partial charge < -0.3 is 24.5 Å². The molecule has 0 aliphatic carbocycles. The number of hydrogen-bond acceptors (Lipinski definition) is 4. The quantitative estimate of drug-likeness (QED) is 0.486. The molecule has 0 saturated heterocycles. The molecule has 2 N–H and O–H groups in total. The summed E-state index contributed by atoms with van der Waals surface area (Å²) in [7, 11) is 1.51. The number of aliphatic imine (C=N–C) groups is 1. The second kappa shape index (κ2) is 11.1. The van der Waals surface area contributed by atoms with Crippen LogP contribution in [0, 0.1) is 0 Å². The Hall–Kier alpha value is -2.77. The molecule has 0 fully saturated rings. The van der Waals surface area contributed by atoms with E-state index in [0.29, 0.717) is 30.2 Å². The first-order chi connectivity index (χ1) is 13.1. The topological polar surface area (TPSA) is 68.0 Å². The lowest BCUT2D eigenvalue weighted by Gasteiger charge is -2.14. The van der Waals surface area contributed by atoms with E-state index < -0.39 is 6.61 Å². The third kappa shape index (κ3) is 7.16. The Morgan fingerprint density at radius 1 is 1.22 bits per heavy atom. The number of benzene rings is 1. The molecule has 0 atom stereocenters. The first-order valence-electron chi connectivity index (χ1n) is 8.78. The molecule has 0 aliphatic rings. The third-order valence-electron chi connectivity index (χ3n) is 3.68. The highest BCUT2D eigenvalue weighted by molar-refractivity contribution is 5.79. The van der Waals surface area contributed by atoms with Crippen LogP contribution in [0.15, 0.2) is 46.0 Å². The Kier molecular flexibility index (Phi) is 8.41. The van der Waals surface area contributed by atoms with Gasteiger partial charge in [-0.15, -0.1) is 0 Å².